The van der Waals surface area contributed by atoms with E-state index in [0.29, 0.717) is 11.8 Å². The number of benzene rings is 1. The van der Waals surface area contributed by atoms with Gasteiger partial charge in [0.05, 0.1) is 0 Å². The molecule has 0 aliphatic carbocycles. The summed E-state index contributed by atoms with van der Waals surface area (Å²) in [5, 5.41) is 0. The summed E-state index contributed by atoms with van der Waals surface area (Å²) in [7, 11) is 0. The molecule has 2 rings (SSSR count). The van der Waals surface area contributed by atoms with E-state index in [1.54, 1.807) is 11.3 Å². The number of rotatable bonds is 4. The average Bonchev–Trinajstić information content (AvgIpc) is 2.79. The summed E-state index contributed by atoms with van der Waals surface area (Å²) in [6.45, 7) is 8.68. The molecule has 1 nitrogen and oxygen atoms in total. The third-order valence-electron chi connectivity index (χ3n) is 3.23. The van der Waals surface area contributed by atoms with Crippen LogP contribution in [0.2, 0.25) is 0 Å². The van der Waals surface area contributed by atoms with Crippen LogP contribution in [0, 0.1) is 0 Å². The van der Waals surface area contributed by atoms with E-state index in [1.807, 2.05) is 18.2 Å². The van der Waals surface area contributed by atoms with Crippen LogP contribution in [0.4, 0.5) is 0 Å². The summed E-state index contributed by atoms with van der Waals surface area (Å²) in [4.78, 5) is 14.1. The lowest BCUT2D eigenvalue weighted by molar-refractivity contribution is 0.112. The van der Waals surface area contributed by atoms with Crippen molar-refractivity contribution in [3.05, 3.63) is 45.6 Å². The van der Waals surface area contributed by atoms with Gasteiger partial charge in [0, 0.05) is 20.9 Å². The Morgan fingerprint density at radius 1 is 0.947 bits per heavy atom. The molecule has 0 fully saturated rings. The molecule has 19 heavy (non-hydrogen) atoms. The van der Waals surface area contributed by atoms with E-state index in [9.17, 15) is 4.79 Å². The average molecular weight is 272 g/mol. The summed E-state index contributed by atoms with van der Waals surface area (Å²) in [6.07, 6.45) is 1.03. The van der Waals surface area contributed by atoms with Crippen molar-refractivity contribution in [2.45, 2.75) is 39.5 Å². The van der Waals surface area contributed by atoms with Crippen molar-refractivity contribution >= 4 is 17.6 Å². The standard InChI is InChI=1S/C17H20OS/c1-11(2)16-14(10-18)15(17(19-16)12(3)4)13-8-6-5-7-9-13/h5-12H,1-4H3. The van der Waals surface area contributed by atoms with E-state index in [4.69, 9.17) is 0 Å². The molecule has 0 N–H and O–H groups in total. The Hall–Kier alpha value is -1.41. The van der Waals surface area contributed by atoms with Crippen LogP contribution in [-0.2, 0) is 0 Å². The molecule has 1 aromatic heterocycles. The van der Waals surface area contributed by atoms with Gasteiger partial charge in [-0.15, -0.1) is 11.3 Å². The maximum absolute atomic E-state index is 11.6. The second-order valence-electron chi connectivity index (χ2n) is 5.41. The van der Waals surface area contributed by atoms with Crippen LogP contribution in [0.3, 0.4) is 0 Å². The Labute approximate surface area is 119 Å². The lowest BCUT2D eigenvalue weighted by Crippen LogP contribution is -1.92. The van der Waals surface area contributed by atoms with Crippen molar-refractivity contribution in [1.82, 2.24) is 0 Å². The largest absolute Gasteiger partial charge is 0.298 e. The number of thiophene rings is 1. The highest BCUT2D eigenvalue weighted by atomic mass is 32.1. The number of hydrogen-bond donors (Lipinski definition) is 0. The van der Waals surface area contributed by atoms with Gasteiger partial charge in [-0.2, -0.15) is 0 Å². The molecule has 0 unspecified atom stereocenters. The fourth-order valence-corrected chi connectivity index (χ4v) is 3.63. The third-order valence-corrected chi connectivity index (χ3v) is 5.04. The smallest absolute Gasteiger partial charge is 0.151 e. The molecule has 0 bridgehead atoms. The van der Waals surface area contributed by atoms with Gasteiger partial charge in [0.2, 0.25) is 0 Å². The molecule has 2 aromatic rings. The predicted octanol–water partition coefficient (Wildman–Crippen LogP) is 5.47. The van der Waals surface area contributed by atoms with Crippen LogP contribution in [0.5, 0.6) is 0 Å². The Kier molecular flexibility index (Phi) is 4.20. The SMILES string of the molecule is CC(C)c1sc(C(C)C)c(-c2ccccc2)c1C=O. The molecular formula is C17H20OS. The second-order valence-corrected chi connectivity index (χ2v) is 6.50. The van der Waals surface area contributed by atoms with Crippen molar-refractivity contribution in [3.8, 4) is 11.1 Å². The lowest BCUT2D eigenvalue weighted by atomic mass is 9.95. The highest BCUT2D eigenvalue weighted by Gasteiger charge is 2.22. The summed E-state index contributed by atoms with van der Waals surface area (Å²) in [5.74, 6) is 0.826. The Morgan fingerprint density at radius 3 is 2.00 bits per heavy atom. The lowest BCUT2D eigenvalue weighted by Gasteiger charge is -2.08. The molecule has 100 valence electrons. The normalized spacial score (nSPS) is 11.3. The molecule has 0 saturated heterocycles. The van der Waals surface area contributed by atoms with Crippen molar-refractivity contribution in [3.63, 3.8) is 0 Å². The quantitative estimate of drug-likeness (QED) is 0.674. The minimum absolute atomic E-state index is 0.389. The van der Waals surface area contributed by atoms with Crippen LogP contribution in [0.15, 0.2) is 30.3 Å². The Balaban J connectivity index is 2.73. The van der Waals surface area contributed by atoms with Gasteiger partial charge in [0.15, 0.2) is 6.29 Å². The monoisotopic (exact) mass is 272 g/mol. The Bertz CT molecular complexity index is 564. The highest BCUT2D eigenvalue weighted by Crippen LogP contribution is 2.42. The van der Waals surface area contributed by atoms with E-state index in [-0.39, 0.29) is 0 Å². The summed E-state index contributed by atoms with van der Waals surface area (Å²) >= 11 is 1.79. The molecule has 2 heteroatoms. The van der Waals surface area contributed by atoms with E-state index in [0.717, 1.165) is 23.0 Å². The van der Waals surface area contributed by atoms with Crippen LogP contribution in [-0.4, -0.2) is 6.29 Å². The number of carbonyl (C=O) groups is 1. The predicted molar refractivity (Wildman–Crippen MR) is 83.3 cm³/mol. The minimum atomic E-state index is 0.389. The first-order valence-corrected chi connectivity index (χ1v) is 7.55. The van der Waals surface area contributed by atoms with E-state index < -0.39 is 0 Å². The van der Waals surface area contributed by atoms with Crippen molar-refractivity contribution < 1.29 is 4.79 Å². The highest BCUT2D eigenvalue weighted by molar-refractivity contribution is 7.13. The van der Waals surface area contributed by atoms with Crippen molar-refractivity contribution in [2.75, 3.05) is 0 Å². The van der Waals surface area contributed by atoms with Gasteiger partial charge in [0.1, 0.15) is 0 Å². The number of aldehydes is 1. The number of carbonyl (C=O) groups excluding carboxylic acids is 1. The Morgan fingerprint density at radius 2 is 1.53 bits per heavy atom. The zero-order valence-electron chi connectivity index (χ0n) is 11.9. The molecule has 0 amide bonds. The molecule has 0 aliphatic heterocycles. The van der Waals surface area contributed by atoms with E-state index in [2.05, 4.69) is 39.8 Å². The summed E-state index contributed by atoms with van der Waals surface area (Å²) in [5.41, 5.74) is 3.17. The molecule has 1 heterocycles. The second kappa shape index (κ2) is 5.70. The van der Waals surface area contributed by atoms with E-state index >= 15 is 0 Å². The molecule has 0 atom stereocenters. The molecular weight excluding hydrogens is 252 g/mol. The molecule has 0 spiro atoms. The van der Waals surface area contributed by atoms with Gasteiger partial charge in [-0.3, -0.25) is 4.79 Å². The van der Waals surface area contributed by atoms with Gasteiger partial charge >= 0.3 is 0 Å². The zero-order chi connectivity index (χ0) is 14.0. The molecule has 0 aliphatic rings. The van der Waals surface area contributed by atoms with Gasteiger partial charge in [-0.25, -0.2) is 0 Å². The van der Waals surface area contributed by atoms with Crippen LogP contribution in [0.25, 0.3) is 11.1 Å². The number of hydrogen-bond acceptors (Lipinski definition) is 2. The molecule has 1 aromatic carbocycles. The van der Waals surface area contributed by atoms with Crippen molar-refractivity contribution in [2.24, 2.45) is 0 Å². The first-order chi connectivity index (χ1) is 9.06. The fraction of sp³-hybridized carbons (Fsp3) is 0.353. The molecule has 0 saturated carbocycles. The van der Waals surface area contributed by atoms with Gasteiger partial charge < -0.3 is 0 Å². The first-order valence-electron chi connectivity index (χ1n) is 6.73. The summed E-state index contributed by atoms with van der Waals surface area (Å²) < 4.78 is 0. The van der Waals surface area contributed by atoms with Crippen LogP contribution < -0.4 is 0 Å². The third kappa shape index (κ3) is 2.64. The summed E-state index contributed by atoms with van der Waals surface area (Å²) in [6, 6.07) is 10.2. The van der Waals surface area contributed by atoms with Crippen LogP contribution >= 0.6 is 11.3 Å². The fourth-order valence-electron chi connectivity index (χ4n) is 2.34. The first kappa shape index (κ1) is 14.0. The maximum atomic E-state index is 11.6. The molecule has 0 radical (unpaired) electrons. The van der Waals surface area contributed by atoms with Crippen molar-refractivity contribution in [1.29, 1.82) is 0 Å². The van der Waals surface area contributed by atoms with Gasteiger partial charge in [0.25, 0.3) is 0 Å². The van der Waals surface area contributed by atoms with Gasteiger partial charge in [-0.1, -0.05) is 58.0 Å². The van der Waals surface area contributed by atoms with Crippen LogP contribution in [0.1, 0.15) is 59.6 Å². The maximum Gasteiger partial charge on any atom is 0.151 e. The van der Waals surface area contributed by atoms with Gasteiger partial charge in [-0.05, 0) is 17.4 Å². The minimum Gasteiger partial charge on any atom is -0.298 e. The zero-order valence-corrected chi connectivity index (χ0v) is 12.8. The topological polar surface area (TPSA) is 17.1 Å². The van der Waals surface area contributed by atoms with E-state index in [1.165, 1.54) is 9.75 Å².